The molecule has 1 aliphatic heterocycles. The fourth-order valence-electron chi connectivity index (χ4n) is 3.15. The predicted molar refractivity (Wildman–Crippen MR) is 109 cm³/mol. The van der Waals surface area contributed by atoms with E-state index in [9.17, 15) is 22.0 Å². The summed E-state index contributed by atoms with van der Waals surface area (Å²) in [5, 5.41) is 0. The molecule has 0 atom stereocenters. The number of carbonyl (C=O) groups excluding carboxylic acids is 1. The molecule has 3 rings (SSSR count). The van der Waals surface area contributed by atoms with Crippen molar-refractivity contribution >= 4 is 27.7 Å². The molecule has 5 nitrogen and oxygen atoms in total. The number of halogens is 2. The van der Waals surface area contributed by atoms with Crippen LogP contribution in [0.2, 0.25) is 0 Å². The van der Waals surface area contributed by atoms with Gasteiger partial charge in [0.2, 0.25) is 15.9 Å². The minimum atomic E-state index is -4.07. The lowest BCUT2D eigenvalue weighted by atomic mass is 10.2. The van der Waals surface area contributed by atoms with Crippen LogP contribution in [0.1, 0.15) is 11.1 Å². The molecule has 0 spiro atoms. The molecule has 156 valence electrons. The number of hydrogen-bond donors (Lipinski definition) is 0. The maximum Gasteiger partial charge on any atom is 0.246 e. The fraction of sp³-hybridized carbons (Fsp3) is 0.350. The van der Waals surface area contributed by atoms with E-state index in [2.05, 4.69) is 6.07 Å². The molecule has 0 radical (unpaired) electrons. The van der Waals surface area contributed by atoms with Gasteiger partial charge in [-0.2, -0.15) is 4.31 Å². The van der Waals surface area contributed by atoms with Crippen LogP contribution in [-0.2, 0) is 20.6 Å². The van der Waals surface area contributed by atoms with E-state index in [-0.39, 0.29) is 32.1 Å². The van der Waals surface area contributed by atoms with E-state index < -0.39 is 26.6 Å². The number of carbonyl (C=O) groups is 1. The molecule has 0 aromatic heterocycles. The van der Waals surface area contributed by atoms with Gasteiger partial charge in [-0.05, 0) is 24.6 Å². The number of piperazine rings is 1. The van der Waals surface area contributed by atoms with Gasteiger partial charge in [0.05, 0.1) is 5.75 Å². The van der Waals surface area contributed by atoms with Crippen molar-refractivity contribution in [3.05, 3.63) is 65.2 Å². The standard InChI is InChI=1S/C20H22F2N2O3S2/c1-15-3-2-4-16(11-15)13-28-14-20(25)23-7-9-24(10-8-23)29(26,27)19-6-5-17(21)12-18(19)22/h2-6,11-12H,7-10,13-14H2,1H3. The zero-order valence-electron chi connectivity index (χ0n) is 16.0. The summed E-state index contributed by atoms with van der Waals surface area (Å²) in [6, 6.07) is 10.5. The third-order valence-corrected chi connectivity index (χ3v) is 7.60. The average Bonchev–Trinajstić information content (AvgIpc) is 2.68. The van der Waals surface area contributed by atoms with Crippen LogP contribution in [0.4, 0.5) is 8.78 Å². The van der Waals surface area contributed by atoms with E-state index in [0.29, 0.717) is 11.8 Å². The molecule has 1 heterocycles. The highest BCUT2D eigenvalue weighted by molar-refractivity contribution is 7.99. The first-order valence-electron chi connectivity index (χ1n) is 9.13. The number of rotatable bonds is 6. The summed E-state index contributed by atoms with van der Waals surface area (Å²) >= 11 is 1.52. The minimum absolute atomic E-state index is 0.0485. The number of nitrogens with zero attached hydrogens (tertiary/aromatic N) is 2. The molecule has 9 heteroatoms. The van der Waals surface area contributed by atoms with E-state index in [4.69, 9.17) is 0 Å². The lowest BCUT2D eigenvalue weighted by Gasteiger charge is -2.34. The van der Waals surface area contributed by atoms with Gasteiger partial charge in [-0.3, -0.25) is 4.79 Å². The molecule has 29 heavy (non-hydrogen) atoms. The average molecular weight is 441 g/mol. The molecular weight excluding hydrogens is 418 g/mol. The van der Waals surface area contributed by atoms with E-state index in [1.54, 1.807) is 4.90 Å². The van der Waals surface area contributed by atoms with Crippen LogP contribution in [0.3, 0.4) is 0 Å². The summed E-state index contributed by atoms with van der Waals surface area (Å²) in [4.78, 5) is 13.5. The number of hydrogen-bond acceptors (Lipinski definition) is 4. The molecule has 1 aliphatic rings. The Morgan fingerprint density at radius 1 is 1.07 bits per heavy atom. The highest BCUT2D eigenvalue weighted by atomic mass is 32.2. The molecule has 0 N–H and O–H groups in total. The van der Waals surface area contributed by atoms with Crippen molar-refractivity contribution in [1.82, 2.24) is 9.21 Å². The molecule has 0 bridgehead atoms. The summed E-state index contributed by atoms with van der Waals surface area (Å²) in [5.74, 6) is -0.956. The van der Waals surface area contributed by atoms with Crippen LogP contribution in [0, 0.1) is 18.6 Å². The SMILES string of the molecule is Cc1cccc(CSCC(=O)N2CCN(S(=O)(=O)c3ccc(F)cc3F)CC2)c1. The summed E-state index contributed by atoms with van der Waals surface area (Å²) in [7, 11) is -4.07. The van der Waals surface area contributed by atoms with Crippen molar-refractivity contribution in [2.75, 3.05) is 31.9 Å². The quantitative estimate of drug-likeness (QED) is 0.693. The third kappa shape index (κ3) is 5.34. The topological polar surface area (TPSA) is 57.7 Å². The molecule has 1 amide bonds. The second kappa shape index (κ2) is 9.23. The van der Waals surface area contributed by atoms with Gasteiger partial charge in [-0.1, -0.05) is 29.8 Å². The van der Waals surface area contributed by atoms with Gasteiger partial charge in [0, 0.05) is 38.0 Å². The molecule has 0 unspecified atom stereocenters. The Bertz CT molecular complexity index is 991. The van der Waals surface area contributed by atoms with Crippen LogP contribution < -0.4 is 0 Å². The lowest BCUT2D eigenvalue weighted by Crippen LogP contribution is -2.51. The molecule has 1 saturated heterocycles. The van der Waals surface area contributed by atoms with Gasteiger partial charge >= 0.3 is 0 Å². The number of thioether (sulfide) groups is 1. The monoisotopic (exact) mass is 440 g/mol. The van der Waals surface area contributed by atoms with Crippen LogP contribution in [0.25, 0.3) is 0 Å². The van der Waals surface area contributed by atoms with Gasteiger partial charge < -0.3 is 4.90 Å². The Balaban J connectivity index is 1.52. The Morgan fingerprint density at radius 3 is 2.45 bits per heavy atom. The van der Waals surface area contributed by atoms with E-state index >= 15 is 0 Å². The normalized spacial score (nSPS) is 15.5. The molecule has 1 fully saturated rings. The maximum atomic E-state index is 13.9. The second-order valence-electron chi connectivity index (χ2n) is 6.84. The zero-order chi connectivity index (χ0) is 21.0. The van der Waals surface area contributed by atoms with Crippen molar-refractivity contribution < 1.29 is 22.0 Å². The summed E-state index contributed by atoms with van der Waals surface area (Å²) < 4.78 is 53.3. The predicted octanol–water partition coefficient (Wildman–Crippen LogP) is 3.04. The van der Waals surface area contributed by atoms with Gasteiger partial charge in [0.15, 0.2) is 0 Å². The first kappa shape index (κ1) is 21.7. The fourth-order valence-corrected chi connectivity index (χ4v) is 5.49. The van der Waals surface area contributed by atoms with Gasteiger partial charge in [0.1, 0.15) is 16.5 Å². The number of sulfonamides is 1. The first-order valence-corrected chi connectivity index (χ1v) is 11.7. The first-order chi connectivity index (χ1) is 13.8. The molecular formula is C20H22F2N2O3S2. The Labute approximate surface area is 173 Å². The van der Waals surface area contributed by atoms with Crippen molar-refractivity contribution in [2.24, 2.45) is 0 Å². The van der Waals surface area contributed by atoms with Crippen molar-refractivity contribution in [3.63, 3.8) is 0 Å². The molecule has 2 aromatic rings. The van der Waals surface area contributed by atoms with E-state index in [1.165, 1.54) is 17.3 Å². The van der Waals surface area contributed by atoms with E-state index in [1.807, 2.05) is 25.1 Å². The molecule has 2 aromatic carbocycles. The Hall–Kier alpha value is -1.97. The molecule has 0 saturated carbocycles. The summed E-state index contributed by atoms with van der Waals surface area (Å²) in [6.45, 7) is 2.66. The third-order valence-electron chi connectivity index (χ3n) is 4.68. The largest absolute Gasteiger partial charge is 0.339 e. The van der Waals surface area contributed by atoms with Crippen molar-refractivity contribution in [1.29, 1.82) is 0 Å². The van der Waals surface area contributed by atoms with Crippen LogP contribution in [-0.4, -0.2) is 55.5 Å². The van der Waals surface area contributed by atoms with Gasteiger partial charge in [-0.25, -0.2) is 17.2 Å². The van der Waals surface area contributed by atoms with Gasteiger partial charge in [0.25, 0.3) is 0 Å². The van der Waals surface area contributed by atoms with Crippen LogP contribution >= 0.6 is 11.8 Å². The van der Waals surface area contributed by atoms with Crippen molar-refractivity contribution in [3.8, 4) is 0 Å². The summed E-state index contributed by atoms with van der Waals surface area (Å²) in [6.07, 6.45) is 0. The summed E-state index contributed by atoms with van der Waals surface area (Å²) in [5.41, 5.74) is 2.32. The molecule has 0 aliphatic carbocycles. The van der Waals surface area contributed by atoms with E-state index in [0.717, 1.165) is 27.8 Å². The number of benzene rings is 2. The lowest BCUT2D eigenvalue weighted by molar-refractivity contribution is -0.129. The van der Waals surface area contributed by atoms with Crippen LogP contribution in [0.15, 0.2) is 47.4 Å². The number of aryl methyl sites for hydroxylation is 1. The zero-order valence-corrected chi connectivity index (χ0v) is 17.6. The maximum absolute atomic E-state index is 13.9. The minimum Gasteiger partial charge on any atom is -0.339 e. The highest BCUT2D eigenvalue weighted by Gasteiger charge is 2.31. The Morgan fingerprint density at radius 2 is 1.79 bits per heavy atom. The Kier molecular flexibility index (Phi) is 6.92. The van der Waals surface area contributed by atoms with Crippen LogP contribution in [0.5, 0.6) is 0 Å². The smallest absolute Gasteiger partial charge is 0.246 e. The highest BCUT2D eigenvalue weighted by Crippen LogP contribution is 2.22. The van der Waals surface area contributed by atoms with Gasteiger partial charge in [-0.15, -0.1) is 11.8 Å². The number of amides is 1. The second-order valence-corrected chi connectivity index (χ2v) is 9.73. The van der Waals surface area contributed by atoms with Crippen molar-refractivity contribution in [2.45, 2.75) is 17.6 Å².